The lowest BCUT2D eigenvalue weighted by Gasteiger charge is -2.34. The van der Waals surface area contributed by atoms with Gasteiger partial charge in [-0.1, -0.05) is 10.0 Å². The summed E-state index contributed by atoms with van der Waals surface area (Å²) in [4.78, 5) is 9.44. The Morgan fingerprint density at radius 3 is 0.885 bits per heavy atom. The molecule has 0 aromatic rings. The molecule has 0 aliphatic carbocycles. The van der Waals surface area contributed by atoms with E-state index in [-0.39, 0.29) is 18.3 Å². The van der Waals surface area contributed by atoms with Gasteiger partial charge in [0.1, 0.15) is 15.6 Å². The lowest BCUT2D eigenvalue weighted by molar-refractivity contribution is -0.115. The predicted molar refractivity (Wildman–Crippen MR) is 101 cm³/mol. The summed E-state index contributed by atoms with van der Waals surface area (Å²) in [7, 11) is -3.93. The summed E-state index contributed by atoms with van der Waals surface area (Å²) in [6, 6.07) is 0. The monoisotopic (exact) mass is 460 g/mol. The van der Waals surface area contributed by atoms with Gasteiger partial charge in [0, 0.05) is 26.7 Å². The lowest BCUT2D eigenvalue weighted by Crippen LogP contribution is -2.30. The van der Waals surface area contributed by atoms with Crippen LogP contribution in [-0.4, -0.2) is 77.0 Å². The fourth-order valence-corrected chi connectivity index (χ4v) is 0.394. The van der Waals surface area contributed by atoms with Crippen molar-refractivity contribution in [1.82, 2.24) is 0 Å². The molecule has 0 aromatic carbocycles. The highest BCUT2D eigenvalue weighted by atomic mass is 32.3. The first-order chi connectivity index (χ1) is 11.1. The molecule has 0 heterocycles. The number of hydrogen-bond acceptors (Lipinski definition) is 5. The van der Waals surface area contributed by atoms with E-state index in [1.165, 1.54) is 13.8 Å². The molecule has 0 bridgehead atoms. The number of alkyl halides is 6. The molecule has 0 N–H and O–H groups in total. The van der Waals surface area contributed by atoms with Gasteiger partial charge in [-0.05, 0) is 38.9 Å². The lowest BCUT2D eigenvalue weighted by atomic mass is 10.6. The summed E-state index contributed by atoms with van der Waals surface area (Å²) >= 11 is 1.75. The number of hydrogen-bond donors (Lipinski definition) is 0. The highest BCUT2D eigenvalue weighted by molar-refractivity contribution is 8.34. The highest BCUT2D eigenvalue weighted by Gasteiger charge is 2.59. The van der Waals surface area contributed by atoms with Gasteiger partial charge in [-0.15, -0.1) is 0 Å². The Morgan fingerprint density at radius 1 is 0.808 bits per heavy atom. The van der Waals surface area contributed by atoms with Crippen LogP contribution in [0.3, 0.4) is 0 Å². The Labute approximate surface area is 158 Å². The van der Waals surface area contributed by atoms with Crippen LogP contribution in [0.2, 0.25) is 0 Å². The van der Waals surface area contributed by atoms with E-state index in [4.69, 9.17) is 0 Å². The molecule has 0 radical (unpaired) electrons. The zero-order chi connectivity index (χ0) is 23.0. The van der Waals surface area contributed by atoms with Crippen LogP contribution in [0.15, 0.2) is 0 Å². The van der Waals surface area contributed by atoms with Gasteiger partial charge in [-0.25, -0.2) is 8.42 Å². The summed E-state index contributed by atoms with van der Waals surface area (Å²) in [6.07, 6.45) is 6.78. The zero-order valence-electron chi connectivity index (χ0n) is 16.6. The number of rotatable bonds is 0. The highest BCUT2D eigenvalue weighted by Crippen LogP contribution is 2.66. The molecular formula is C13H30F6O4S3. The van der Waals surface area contributed by atoms with Gasteiger partial charge in [0.2, 0.25) is 0 Å². The number of halogens is 6. The molecular weight excluding hydrogens is 430 g/mol. The zero-order valence-corrected chi connectivity index (χ0v) is 19.1. The van der Waals surface area contributed by atoms with Crippen LogP contribution in [0.1, 0.15) is 13.8 Å². The summed E-state index contributed by atoms with van der Waals surface area (Å²) in [6.45, 7) is 3.06. The van der Waals surface area contributed by atoms with Gasteiger partial charge in [0.25, 0.3) is 0 Å². The van der Waals surface area contributed by atoms with E-state index in [1.807, 2.05) is 12.5 Å². The molecule has 0 saturated heterocycles. The van der Waals surface area contributed by atoms with Gasteiger partial charge in [-0.2, -0.15) is 38.1 Å². The van der Waals surface area contributed by atoms with Crippen LogP contribution in [0.4, 0.5) is 26.3 Å². The number of methoxy groups -OCH3 is 1. The molecule has 0 rings (SSSR count). The first-order valence-corrected chi connectivity index (χ1v) is 12.7. The van der Waals surface area contributed by atoms with Crippen molar-refractivity contribution in [2.24, 2.45) is 0 Å². The maximum atomic E-state index is 11.6. The quantitative estimate of drug-likeness (QED) is 0.495. The number of Topliss-reactive ketones (excluding diaryl/α,β-unsaturated/α-hetero) is 1. The van der Waals surface area contributed by atoms with Crippen molar-refractivity contribution >= 4 is 37.4 Å². The molecule has 0 aliphatic heterocycles. The Balaban J connectivity index is -0.0000000817. The van der Waals surface area contributed by atoms with E-state index in [1.54, 1.807) is 26.0 Å². The van der Waals surface area contributed by atoms with Crippen molar-refractivity contribution in [3.8, 4) is 0 Å². The minimum atomic E-state index is -5.16. The second-order valence-electron chi connectivity index (χ2n) is 5.09. The molecule has 0 unspecified atom stereocenters. The fraction of sp³-hybridized carbons (Fsp3) is 0.923. The Bertz CT molecular complexity index is 402. The fourth-order valence-electron chi connectivity index (χ4n) is 0.131. The summed E-state index contributed by atoms with van der Waals surface area (Å²) < 4.78 is 93.4. The first-order valence-electron chi connectivity index (χ1n) is 6.35. The van der Waals surface area contributed by atoms with Gasteiger partial charge < -0.3 is 9.53 Å². The molecule has 0 aromatic heterocycles. The Hall–Kier alpha value is -0.140. The SMILES string of the molecule is CC(C)=O.COC.CS(C)(=O)=O.CS(C)(C(F)(F)F)C(F)(F)F.CSC. The molecule has 0 spiro atoms. The van der Waals surface area contributed by atoms with E-state index in [0.29, 0.717) is 0 Å². The molecule has 26 heavy (non-hydrogen) atoms. The molecule has 13 heteroatoms. The number of sulfone groups is 1. The molecule has 4 nitrogen and oxygen atoms in total. The third-order valence-corrected chi connectivity index (χ3v) is 3.47. The predicted octanol–water partition coefficient (Wildman–Crippen LogP) is 4.59. The van der Waals surface area contributed by atoms with Crippen molar-refractivity contribution in [3.05, 3.63) is 0 Å². The largest absolute Gasteiger partial charge is 0.432 e. The molecule has 0 atom stereocenters. The second kappa shape index (κ2) is 17.0. The van der Waals surface area contributed by atoms with E-state index in [9.17, 15) is 39.6 Å². The topological polar surface area (TPSA) is 60.4 Å². The minimum Gasteiger partial charge on any atom is -0.388 e. The third-order valence-electron chi connectivity index (χ3n) is 1.16. The summed E-state index contributed by atoms with van der Waals surface area (Å²) in [5.41, 5.74) is -10.3. The number of thioether (sulfide) groups is 1. The van der Waals surface area contributed by atoms with Crippen molar-refractivity contribution in [2.45, 2.75) is 24.9 Å². The number of carbonyl (C=O) groups excluding carboxylic acids is 1. The van der Waals surface area contributed by atoms with Gasteiger partial charge in [0.05, 0.1) is 0 Å². The second-order valence-corrected chi connectivity index (χ2v) is 11.8. The molecule has 0 fully saturated rings. The average molecular weight is 461 g/mol. The van der Waals surface area contributed by atoms with Crippen molar-refractivity contribution in [1.29, 1.82) is 0 Å². The van der Waals surface area contributed by atoms with E-state index in [2.05, 4.69) is 4.74 Å². The van der Waals surface area contributed by atoms with Crippen molar-refractivity contribution in [3.63, 3.8) is 0 Å². The summed E-state index contributed by atoms with van der Waals surface area (Å²) in [5, 5.41) is 0. The van der Waals surface area contributed by atoms with Crippen LogP contribution in [0.25, 0.3) is 0 Å². The molecule has 166 valence electrons. The standard InChI is InChI=1S/C4H6F6S.C3H6O.C2H6O2S.C2H6O.C2H6S/c1-11(2,3(5,6)7)4(8,9)10;1-3(2)4;1-5(2,3)4;2*1-3-2/h1-2H3;1-2H3;1-2H3;2*1-2H3. The average Bonchev–Trinajstić information content (AvgIpc) is 2.24. The van der Waals surface area contributed by atoms with E-state index >= 15 is 0 Å². The van der Waals surface area contributed by atoms with Gasteiger partial charge >= 0.3 is 11.0 Å². The van der Waals surface area contributed by atoms with Crippen LogP contribution in [-0.2, 0) is 19.4 Å². The maximum absolute atomic E-state index is 11.6. The van der Waals surface area contributed by atoms with Crippen molar-refractivity contribution < 1.29 is 44.3 Å². The Morgan fingerprint density at radius 2 is 0.885 bits per heavy atom. The first kappa shape index (κ1) is 36.7. The van der Waals surface area contributed by atoms with E-state index in [0.717, 1.165) is 12.5 Å². The number of carbonyl (C=O) groups is 1. The van der Waals surface area contributed by atoms with E-state index < -0.39 is 30.9 Å². The molecule has 0 saturated carbocycles. The Kier molecular flexibility index (Phi) is 24.0. The molecule has 0 aliphatic rings. The normalized spacial score (nSPS) is 11.7. The number of ether oxygens (including phenoxy) is 1. The van der Waals surface area contributed by atoms with Crippen LogP contribution in [0, 0.1) is 0 Å². The van der Waals surface area contributed by atoms with Crippen LogP contribution in [0.5, 0.6) is 0 Å². The van der Waals surface area contributed by atoms with Crippen LogP contribution < -0.4 is 0 Å². The molecule has 0 amide bonds. The van der Waals surface area contributed by atoms with Crippen molar-refractivity contribution in [2.75, 3.05) is 51.8 Å². The summed E-state index contributed by atoms with van der Waals surface area (Å²) in [5.74, 6) is 0.167. The van der Waals surface area contributed by atoms with Crippen LogP contribution >= 0.6 is 21.8 Å². The smallest absolute Gasteiger partial charge is 0.388 e. The third kappa shape index (κ3) is 39.1. The number of ketones is 1. The van der Waals surface area contributed by atoms with Gasteiger partial charge in [-0.3, -0.25) is 0 Å². The minimum absolute atomic E-state index is 0.167. The maximum Gasteiger partial charge on any atom is 0.432 e. The van der Waals surface area contributed by atoms with Gasteiger partial charge in [0.15, 0.2) is 0 Å².